The molecule has 25 heavy (non-hydrogen) atoms. The highest BCUT2D eigenvalue weighted by molar-refractivity contribution is 7.98. The van der Waals surface area contributed by atoms with E-state index in [0.29, 0.717) is 28.5 Å². The lowest BCUT2D eigenvalue weighted by molar-refractivity contribution is 0.0949. The van der Waals surface area contributed by atoms with Gasteiger partial charge in [0, 0.05) is 18.5 Å². The summed E-state index contributed by atoms with van der Waals surface area (Å²) >= 11 is 1.38. The summed E-state index contributed by atoms with van der Waals surface area (Å²) in [6.07, 6.45) is 7.45. The maximum absolute atomic E-state index is 13.7. The lowest BCUT2D eigenvalue weighted by Gasteiger charge is -2.09. The van der Waals surface area contributed by atoms with Crippen molar-refractivity contribution in [3.8, 4) is 0 Å². The van der Waals surface area contributed by atoms with Crippen LogP contribution >= 0.6 is 11.8 Å². The Morgan fingerprint density at radius 1 is 1.12 bits per heavy atom. The van der Waals surface area contributed by atoms with Gasteiger partial charge in [0.05, 0.1) is 5.56 Å². The van der Waals surface area contributed by atoms with Crippen LogP contribution in [0.1, 0.15) is 54.9 Å². The summed E-state index contributed by atoms with van der Waals surface area (Å²) in [4.78, 5) is 16.7. The van der Waals surface area contributed by atoms with E-state index in [9.17, 15) is 9.18 Å². The second-order valence-electron chi connectivity index (χ2n) is 5.91. The molecule has 1 heterocycles. The molecule has 1 amide bonds. The van der Waals surface area contributed by atoms with Crippen LogP contribution in [0.5, 0.6) is 0 Å². The molecule has 1 N–H and O–H groups in total. The van der Waals surface area contributed by atoms with E-state index in [2.05, 4.69) is 17.2 Å². The number of amides is 1. The standard InChI is InChI=1S/C20H25FN2OS/c1-2-3-4-5-8-13-22-19(24)17-11-9-14-23-20(17)25-15-16-10-6-7-12-18(16)21/h6-7,9-12,14H,2-5,8,13,15H2,1H3,(H,22,24). The number of rotatable bonds is 10. The number of thioether (sulfide) groups is 1. The van der Waals surface area contributed by atoms with Crippen molar-refractivity contribution < 1.29 is 9.18 Å². The van der Waals surface area contributed by atoms with Crippen LogP contribution in [-0.4, -0.2) is 17.4 Å². The van der Waals surface area contributed by atoms with E-state index in [1.807, 2.05) is 6.07 Å². The summed E-state index contributed by atoms with van der Waals surface area (Å²) in [7, 11) is 0. The van der Waals surface area contributed by atoms with Crippen molar-refractivity contribution in [2.75, 3.05) is 6.54 Å². The van der Waals surface area contributed by atoms with Crippen LogP contribution in [0.2, 0.25) is 0 Å². The highest BCUT2D eigenvalue weighted by atomic mass is 32.2. The summed E-state index contributed by atoms with van der Waals surface area (Å²) in [6.45, 7) is 2.86. The summed E-state index contributed by atoms with van der Waals surface area (Å²) < 4.78 is 13.7. The van der Waals surface area contributed by atoms with Crippen molar-refractivity contribution in [2.45, 2.75) is 49.8 Å². The second kappa shape index (κ2) is 10.9. The molecular formula is C20H25FN2OS. The maximum Gasteiger partial charge on any atom is 0.254 e. The molecule has 0 aliphatic carbocycles. The Labute approximate surface area is 153 Å². The van der Waals surface area contributed by atoms with Crippen molar-refractivity contribution in [2.24, 2.45) is 0 Å². The van der Waals surface area contributed by atoms with E-state index in [-0.39, 0.29) is 11.7 Å². The van der Waals surface area contributed by atoms with Gasteiger partial charge in [0.1, 0.15) is 10.8 Å². The Morgan fingerprint density at radius 3 is 2.72 bits per heavy atom. The highest BCUT2D eigenvalue weighted by Gasteiger charge is 2.13. The first-order valence-electron chi connectivity index (χ1n) is 8.81. The molecule has 134 valence electrons. The molecular weight excluding hydrogens is 335 g/mol. The number of carbonyl (C=O) groups is 1. The van der Waals surface area contributed by atoms with E-state index in [1.165, 1.54) is 37.1 Å². The molecule has 0 saturated carbocycles. The zero-order valence-corrected chi connectivity index (χ0v) is 15.4. The van der Waals surface area contributed by atoms with Crippen LogP contribution < -0.4 is 5.32 Å². The number of nitrogens with one attached hydrogen (secondary N) is 1. The number of halogens is 1. The Kier molecular flexibility index (Phi) is 8.46. The van der Waals surface area contributed by atoms with Crippen molar-refractivity contribution in [1.82, 2.24) is 10.3 Å². The summed E-state index contributed by atoms with van der Waals surface area (Å²) in [5.74, 6) is 0.102. The molecule has 0 spiro atoms. The van der Waals surface area contributed by atoms with E-state index >= 15 is 0 Å². The molecule has 0 aliphatic rings. The summed E-state index contributed by atoms with van der Waals surface area (Å²) in [6, 6.07) is 10.2. The minimum atomic E-state index is -0.232. The number of nitrogens with zero attached hydrogens (tertiary/aromatic N) is 1. The predicted octanol–water partition coefficient (Wildman–Crippen LogP) is 5.21. The van der Waals surface area contributed by atoms with Gasteiger partial charge in [-0.2, -0.15) is 0 Å². The molecule has 3 nitrogen and oxygen atoms in total. The molecule has 5 heteroatoms. The van der Waals surface area contributed by atoms with Crippen LogP contribution in [0.4, 0.5) is 4.39 Å². The van der Waals surface area contributed by atoms with Crippen LogP contribution in [0.25, 0.3) is 0 Å². The van der Waals surface area contributed by atoms with E-state index < -0.39 is 0 Å². The van der Waals surface area contributed by atoms with Gasteiger partial charge in [0.15, 0.2) is 0 Å². The molecule has 0 unspecified atom stereocenters. The fourth-order valence-corrected chi connectivity index (χ4v) is 3.44. The molecule has 0 radical (unpaired) electrons. The fourth-order valence-electron chi connectivity index (χ4n) is 2.47. The topological polar surface area (TPSA) is 42.0 Å². The predicted molar refractivity (Wildman–Crippen MR) is 101 cm³/mol. The monoisotopic (exact) mass is 360 g/mol. The van der Waals surface area contributed by atoms with Crippen molar-refractivity contribution in [3.63, 3.8) is 0 Å². The molecule has 0 aliphatic heterocycles. The molecule has 1 aromatic heterocycles. The second-order valence-corrected chi connectivity index (χ2v) is 6.87. The van der Waals surface area contributed by atoms with Gasteiger partial charge in [-0.1, -0.05) is 50.8 Å². The molecule has 2 aromatic rings. The maximum atomic E-state index is 13.7. The van der Waals surface area contributed by atoms with Gasteiger partial charge in [0.2, 0.25) is 0 Å². The largest absolute Gasteiger partial charge is 0.352 e. The summed E-state index contributed by atoms with van der Waals surface area (Å²) in [5.41, 5.74) is 1.16. The molecule has 0 bridgehead atoms. The first kappa shape index (κ1) is 19.4. The third-order valence-electron chi connectivity index (χ3n) is 3.90. The molecule has 0 atom stereocenters. The van der Waals surface area contributed by atoms with Crippen molar-refractivity contribution in [3.05, 3.63) is 59.5 Å². The Balaban J connectivity index is 1.88. The first-order chi connectivity index (χ1) is 12.2. The normalized spacial score (nSPS) is 10.6. The zero-order valence-electron chi connectivity index (χ0n) is 14.6. The Bertz CT molecular complexity index is 678. The molecule has 0 saturated heterocycles. The third kappa shape index (κ3) is 6.50. The van der Waals surface area contributed by atoms with Gasteiger partial charge < -0.3 is 5.32 Å². The van der Waals surface area contributed by atoms with Crippen molar-refractivity contribution >= 4 is 17.7 Å². The average molecular weight is 360 g/mol. The number of benzene rings is 1. The van der Waals surface area contributed by atoms with Gasteiger partial charge in [-0.05, 0) is 30.2 Å². The number of unbranched alkanes of at least 4 members (excludes halogenated alkanes) is 4. The minimum Gasteiger partial charge on any atom is -0.352 e. The molecule has 0 fully saturated rings. The summed E-state index contributed by atoms with van der Waals surface area (Å²) in [5, 5.41) is 3.59. The number of hydrogen-bond donors (Lipinski definition) is 1. The van der Waals surface area contributed by atoms with Crippen LogP contribution in [0.3, 0.4) is 0 Å². The van der Waals surface area contributed by atoms with Gasteiger partial charge in [-0.25, -0.2) is 9.37 Å². The smallest absolute Gasteiger partial charge is 0.254 e. The molecule has 1 aromatic carbocycles. The van der Waals surface area contributed by atoms with Crippen LogP contribution in [0.15, 0.2) is 47.6 Å². The Morgan fingerprint density at radius 2 is 1.92 bits per heavy atom. The average Bonchev–Trinajstić information content (AvgIpc) is 2.64. The van der Waals surface area contributed by atoms with Gasteiger partial charge >= 0.3 is 0 Å². The van der Waals surface area contributed by atoms with Gasteiger partial charge in [-0.15, -0.1) is 11.8 Å². The van der Waals surface area contributed by atoms with Gasteiger partial charge in [-0.3, -0.25) is 4.79 Å². The van der Waals surface area contributed by atoms with E-state index in [1.54, 1.807) is 30.5 Å². The number of hydrogen-bond acceptors (Lipinski definition) is 3. The SMILES string of the molecule is CCCCCCCNC(=O)c1cccnc1SCc1ccccc1F. The number of pyridine rings is 1. The molecule has 2 rings (SSSR count). The van der Waals surface area contributed by atoms with Crippen LogP contribution in [-0.2, 0) is 5.75 Å². The fraction of sp³-hybridized carbons (Fsp3) is 0.400. The first-order valence-corrected chi connectivity index (χ1v) is 9.80. The lowest BCUT2D eigenvalue weighted by atomic mass is 10.1. The van der Waals surface area contributed by atoms with Gasteiger partial charge in [0.25, 0.3) is 5.91 Å². The minimum absolute atomic E-state index is 0.111. The van der Waals surface area contributed by atoms with Crippen LogP contribution in [0, 0.1) is 5.82 Å². The number of aromatic nitrogens is 1. The van der Waals surface area contributed by atoms with E-state index in [4.69, 9.17) is 0 Å². The van der Waals surface area contributed by atoms with Crippen molar-refractivity contribution in [1.29, 1.82) is 0 Å². The lowest BCUT2D eigenvalue weighted by Crippen LogP contribution is -2.25. The quantitative estimate of drug-likeness (QED) is 0.467. The highest BCUT2D eigenvalue weighted by Crippen LogP contribution is 2.25. The third-order valence-corrected chi connectivity index (χ3v) is 4.96. The number of carbonyl (C=O) groups excluding carboxylic acids is 1. The zero-order chi connectivity index (χ0) is 17.9. The van der Waals surface area contributed by atoms with E-state index in [0.717, 1.165) is 12.8 Å². The Hall–Kier alpha value is -1.88.